The Bertz CT molecular complexity index is 1060. The summed E-state index contributed by atoms with van der Waals surface area (Å²) in [5.74, 6) is -0.387. The van der Waals surface area contributed by atoms with E-state index in [4.69, 9.17) is 17.0 Å². The number of para-hydroxylation sites is 1. The van der Waals surface area contributed by atoms with Crippen LogP contribution < -0.4 is 10.2 Å². The van der Waals surface area contributed by atoms with Gasteiger partial charge >= 0.3 is 5.97 Å². The molecule has 29 heavy (non-hydrogen) atoms. The molecule has 3 aromatic rings. The van der Waals surface area contributed by atoms with Crippen LogP contribution in [0.4, 0.5) is 5.69 Å². The van der Waals surface area contributed by atoms with E-state index < -0.39 is 6.04 Å². The van der Waals surface area contributed by atoms with E-state index in [1.807, 2.05) is 77.2 Å². The molecule has 1 aromatic heterocycles. The topological polar surface area (TPSA) is 59.4 Å². The molecular weight excluding hydrogens is 384 g/mol. The first kappa shape index (κ1) is 18.9. The first-order chi connectivity index (χ1) is 14.1. The van der Waals surface area contributed by atoms with E-state index in [0.717, 1.165) is 22.6 Å². The monoisotopic (exact) mass is 404 g/mol. The predicted octanol–water partition coefficient (Wildman–Crippen LogP) is 3.76. The Labute approximate surface area is 174 Å². The number of esters is 1. The van der Waals surface area contributed by atoms with Crippen LogP contribution in [0.5, 0.6) is 0 Å². The van der Waals surface area contributed by atoms with E-state index in [-0.39, 0.29) is 5.97 Å². The van der Waals surface area contributed by atoms with Gasteiger partial charge < -0.3 is 14.6 Å². The van der Waals surface area contributed by atoms with Gasteiger partial charge in [0.15, 0.2) is 5.11 Å². The summed E-state index contributed by atoms with van der Waals surface area (Å²) >= 11 is 5.65. The Morgan fingerprint density at radius 1 is 1.10 bits per heavy atom. The number of thiocarbonyl (C=S) groups is 1. The summed E-state index contributed by atoms with van der Waals surface area (Å²) < 4.78 is 7.01. The van der Waals surface area contributed by atoms with Crippen molar-refractivity contribution in [2.24, 2.45) is 0 Å². The molecule has 1 atom stereocenters. The van der Waals surface area contributed by atoms with Crippen molar-refractivity contribution in [2.75, 3.05) is 12.0 Å². The summed E-state index contributed by atoms with van der Waals surface area (Å²) in [5, 5.41) is 3.84. The second kappa shape index (κ2) is 7.89. The number of hydrogen-bond donors (Lipinski definition) is 1. The minimum absolute atomic E-state index is 0.387. The molecule has 0 aliphatic carbocycles. The van der Waals surface area contributed by atoms with Gasteiger partial charge in [0, 0.05) is 29.5 Å². The predicted molar refractivity (Wildman–Crippen MR) is 116 cm³/mol. The maximum atomic E-state index is 12.7. The third kappa shape index (κ3) is 3.52. The normalized spacial score (nSPS) is 16.6. The van der Waals surface area contributed by atoms with Crippen LogP contribution in [-0.4, -0.2) is 27.7 Å². The second-order valence-corrected chi connectivity index (χ2v) is 6.99. The number of allylic oxidation sites excluding steroid dienone is 1. The van der Waals surface area contributed by atoms with E-state index in [0.29, 0.717) is 10.7 Å². The maximum Gasteiger partial charge on any atom is 0.337 e. The van der Waals surface area contributed by atoms with E-state index in [9.17, 15) is 4.79 Å². The molecule has 0 saturated heterocycles. The van der Waals surface area contributed by atoms with Crippen molar-refractivity contribution >= 4 is 29.0 Å². The molecule has 1 aliphatic rings. The lowest BCUT2D eigenvalue weighted by Gasteiger charge is -2.37. The van der Waals surface area contributed by atoms with Gasteiger partial charge in [0.25, 0.3) is 0 Å². The number of aromatic nitrogens is 2. The Balaban J connectivity index is 1.76. The van der Waals surface area contributed by atoms with Gasteiger partial charge in [-0.2, -0.15) is 0 Å². The average Bonchev–Trinajstić information content (AvgIpc) is 3.29. The van der Waals surface area contributed by atoms with Crippen molar-refractivity contribution in [2.45, 2.75) is 13.0 Å². The Hall–Kier alpha value is -3.45. The van der Waals surface area contributed by atoms with Crippen LogP contribution in [0.25, 0.3) is 5.69 Å². The van der Waals surface area contributed by atoms with Crippen molar-refractivity contribution in [3.8, 4) is 5.69 Å². The van der Waals surface area contributed by atoms with Gasteiger partial charge in [0.05, 0.1) is 25.1 Å². The molecule has 1 aliphatic heterocycles. The van der Waals surface area contributed by atoms with Crippen molar-refractivity contribution in [1.29, 1.82) is 0 Å². The number of ether oxygens (including phenoxy) is 1. The SMILES string of the molecule is COC(=O)C1=C(C)N(c2ccccc2)C(=S)NC1c1ccc(-n2ccnc2)cc1. The van der Waals surface area contributed by atoms with Gasteiger partial charge in [0.2, 0.25) is 0 Å². The number of methoxy groups -OCH3 is 1. The molecule has 7 heteroatoms. The highest BCUT2D eigenvalue weighted by Crippen LogP contribution is 2.34. The van der Waals surface area contributed by atoms with E-state index >= 15 is 0 Å². The Kier molecular flexibility index (Phi) is 5.14. The first-order valence-corrected chi connectivity index (χ1v) is 9.54. The molecule has 1 unspecified atom stereocenters. The molecule has 4 rings (SSSR count). The molecule has 2 aromatic carbocycles. The second-order valence-electron chi connectivity index (χ2n) is 6.61. The fraction of sp³-hybridized carbons (Fsp3) is 0.136. The molecule has 0 saturated carbocycles. The van der Waals surface area contributed by atoms with Crippen LogP contribution in [0, 0.1) is 0 Å². The molecule has 0 bridgehead atoms. The van der Waals surface area contributed by atoms with Gasteiger partial charge in [-0.3, -0.25) is 4.90 Å². The molecule has 6 nitrogen and oxygen atoms in total. The van der Waals surface area contributed by atoms with Crippen LogP contribution in [0.15, 0.2) is 84.6 Å². The number of anilines is 1. The number of benzene rings is 2. The van der Waals surface area contributed by atoms with E-state index in [1.54, 1.807) is 12.5 Å². The zero-order valence-corrected chi connectivity index (χ0v) is 16.9. The third-order valence-corrected chi connectivity index (χ3v) is 5.23. The summed E-state index contributed by atoms with van der Waals surface area (Å²) in [7, 11) is 1.39. The number of rotatable bonds is 4. The summed E-state index contributed by atoms with van der Waals surface area (Å²) in [6.07, 6.45) is 5.35. The zero-order valence-electron chi connectivity index (χ0n) is 16.1. The summed E-state index contributed by atoms with van der Waals surface area (Å²) in [4.78, 5) is 18.6. The largest absolute Gasteiger partial charge is 0.466 e. The van der Waals surface area contributed by atoms with Crippen LogP contribution in [0.2, 0.25) is 0 Å². The van der Waals surface area contributed by atoms with Crippen molar-refractivity contribution in [1.82, 2.24) is 14.9 Å². The number of carbonyl (C=O) groups is 1. The van der Waals surface area contributed by atoms with E-state index in [2.05, 4.69) is 10.3 Å². The molecule has 146 valence electrons. The Morgan fingerprint density at radius 2 is 1.83 bits per heavy atom. The highest BCUT2D eigenvalue weighted by Gasteiger charge is 2.35. The number of imidazole rings is 1. The van der Waals surface area contributed by atoms with Crippen LogP contribution >= 0.6 is 12.2 Å². The minimum atomic E-state index is -0.397. The molecular formula is C22H20N4O2S. The lowest BCUT2D eigenvalue weighted by Crippen LogP contribution is -2.48. The molecule has 0 fully saturated rings. The summed E-state index contributed by atoms with van der Waals surface area (Å²) in [6.45, 7) is 1.89. The third-order valence-electron chi connectivity index (χ3n) is 4.93. The van der Waals surface area contributed by atoms with Gasteiger partial charge in [-0.05, 0) is 49.0 Å². The van der Waals surface area contributed by atoms with E-state index in [1.165, 1.54) is 7.11 Å². The number of carbonyl (C=O) groups excluding carboxylic acids is 1. The number of hydrogen-bond acceptors (Lipinski definition) is 4. The van der Waals surface area contributed by atoms with Crippen molar-refractivity contribution in [3.63, 3.8) is 0 Å². The van der Waals surface area contributed by atoms with Crippen LogP contribution in [0.1, 0.15) is 18.5 Å². The quantitative estimate of drug-likeness (QED) is 0.528. The highest BCUT2D eigenvalue weighted by molar-refractivity contribution is 7.80. The molecule has 0 spiro atoms. The molecule has 2 heterocycles. The first-order valence-electron chi connectivity index (χ1n) is 9.13. The van der Waals surface area contributed by atoms with Crippen molar-refractivity contribution in [3.05, 3.63) is 90.2 Å². The minimum Gasteiger partial charge on any atom is -0.466 e. The van der Waals surface area contributed by atoms with Gasteiger partial charge in [-0.25, -0.2) is 9.78 Å². The average molecular weight is 404 g/mol. The fourth-order valence-electron chi connectivity index (χ4n) is 3.51. The van der Waals surface area contributed by atoms with Crippen LogP contribution in [-0.2, 0) is 9.53 Å². The number of nitrogens with one attached hydrogen (secondary N) is 1. The standard InChI is InChI=1S/C22H20N4O2S/c1-15-19(21(27)28-2)20(24-22(29)26(15)18-6-4-3-5-7-18)16-8-10-17(11-9-16)25-13-12-23-14-25/h3-14,20H,1-2H3,(H,24,29). The van der Waals surface area contributed by atoms with Gasteiger partial charge in [-0.15, -0.1) is 0 Å². The zero-order chi connectivity index (χ0) is 20.4. The maximum absolute atomic E-state index is 12.7. The highest BCUT2D eigenvalue weighted by atomic mass is 32.1. The summed E-state index contributed by atoms with van der Waals surface area (Å²) in [6, 6.07) is 17.2. The molecule has 0 radical (unpaired) electrons. The number of nitrogens with zero attached hydrogens (tertiary/aromatic N) is 3. The van der Waals surface area contributed by atoms with Gasteiger partial charge in [0.1, 0.15) is 0 Å². The Morgan fingerprint density at radius 3 is 2.45 bits per heavy atom. The van der Waals surface area contributed by atoms with Gasteiger partial charge in [-0.1, -0.05) is 30.3 Å². The van der Waals surface area contributed by atoms with Crippen molar-refractivity contribution < 1.29 is 9.53 Å². The lowest BCUT2D eigenvalue weighted by molar-refractivity contribution is -0.136. The molecule has 0 amide bonds. The smallest absolute Gasteiger partial charge is 0.337 e. The lowest BCUT2D eigenvalue weighted by atomic mass is 9.94. The summed E-state index contributed by atoms with van der Waals surface area (Å²) in [5.41, 5.74) is 4.06. The van der Waals surface area contributed by atoms with Crippen LogP contribution in [0.3, 0.4) is 0 Å². The fourth-order valence-corrected chi connectivity index (χ4v) is 3.87. The molecule has 1 N–H and O–H groups in total.